The molecule has 10 heavy (non-hydrogen) atoms. The van der Waals surface area contributed by atoms with Gasteiger partial charge in [-0.25, -0.2) is 0 Å². The van der Waals surface area contributed by atoms with Gasteiger partial charge in [0.15, 0.2) is 0 Å². The van der Waals surface area contributed by atoms with Gasteiger partial charge < -0.3 is 9.67 Å². The van der Waals surface area contributed by atoms with Crippen molar-refractivity contribution in [2.75, 3.05) is 0 Å². The first-order chi connectivity index (χ1) is 4.55. The van der Waals surface area contributed by atoms with Gasteiger partial charge in [0.1, 0.15) is 5.02 Å². The summed E-state index contributed by atoms with van der Waals surface area (Å²) in [5, 5.41) is 10.00. The van der Waals surface area contributed by atoms with Crippen molar-refractivity contribution in [1.82, 2.24) is 4.57 Å². The molecule has 1 rings (SSSR count). The van der Waals surface area contributed by atoms with Gasteiger partial charge >= 0.3 is 0 Å². The summed E-state index contributed by atoms with van der Waals surface area (Å²) in [5.74, 6) is -0.0586. The van der Waals surface area contributed by atoms with Gasteiger partial charge in [0.25, 0.3) is 0 Å². The Morgan fingerprint density at radius 2 is 1.90 bits per heavy atom. The Bertz CT molecular complexity index is 191. The lowest BCUT2D eigenvalue weighted by atomic mass is 10.6. The number of aromatic hydroxyl groups is 1. The maximum absolute atomic E-state index is 9.11. The number of rotatable bonds is 0. The van der Waals surface area contributed by atoms with Gasteiger partial charge in [-0.2, -0.15) is 0 Å². The molecule has 0 aromatic carbocycles. The van der Waals surface area contributed by atoms with Gasteiger partial charge in [0.2, 0.25) is 5.88 Å². The molecule has 2 nitrogen and oxygen atoms in total. The Kier molecular flexibility index (Phi) is 2.08. The maximum Gasteiger partial charge on any atom is 0.212 e. The predicted octanol–water partition coefficient (Wildman–Crippen LogP) is 2.33. The summed E-state index contributed by atoms with van der Waals surface area (Å²) in [6, 6.07) is 0. The van der Waals surface area contributed by atoms with Crippen molar-refractivity contribution < 1.29 is 5.11 Å². The second kappa shape index (κ2) is 2.57. The van der Waals surface area contributed by atoms with Gasteiger partial charge in [0.05, 0.1) is 10.0 Å². The van der Waals surface area contributed by atoms with E-state index in [-0.39, 0.29) is 15.9 Å². The normalized spacial score (nSPS) is 10.4. The maximum atomic E-state index is 9.11. The van der Waals surface area contributed by atoms with Crippen molar-refractivity contribution in [3.05, 3.63) is 10.0 Å². The van der Waals surface area contributed by atoms with Crippen molar-refractivity contribution in [3.8, 4) is 5.88 Å². The van der Waals surface area contributed by atoms with Crippen LogP contribution in [0, 0.1) is 0 Å². The summed E-state index contributed by atoms with van der Waals surface area (Å²) in [4.78, 5) is 0. The first kappa shape index (κ1) is 8.11. The minimum atomic E-state index is -0.0586. The third kappa shape index (κ3) is 0.983. The molecular weight excluding hydrogens is 193 g/mol. The number of nitrogens with zero attached hydrogens (tertiary/aromatic N) is 1. The molecule has 1 N–H and O–H groups in total. The van der Waals surface area contributed by atoms with Gasteiger partial charge in [0, 0.05) is 7.05 Å². The highest BCUT2D eigenvalue weighted by Gasteiger charge is 2.14. The van der Waals surface area contributed by atoms with Crippen molar-refractivity contribution >= 4 is 35.8 Å². The predicted molar refractivity (Wildman–Crippen MR) is 44.3 cm³/mol. The average molecular weight is 198 g/mol. The van der Waals surface area contributed by atoms with E-state index >= 15 is 0 Å². The summed E-state index contributed by atoms with van der Waals surface area (Å²) in [5.41, 5.74) is 0. The molecule has 0 saturated carbocycles. The molecule has 0 bridgehead atoms. The summed E-state index contributed by atoms with van der Waals surface area (Å²) >= 11 is 15.2. The van der Waals surface area contributed by atoms with E-state index < -0.39 is 0 Å². The SMILES string of the molecule is Cn1c(O)c(Cl)c(Cl)c1S. The third-order valence-electron chi connectivity index (χ3n) is 1.22. The van der Waals surface area contributed by atoms with Crippen LogP contribution in [0.15, 0.2) is 5.03 Å². The van der Waals surface area contributed by atoms with Gasteiger partial charge in [-0.3, -0.25) is 0 Å². The monoisotopic (exact) mass is 197 g/mol. The minimum absolute atomic E-state index is 0.0586. The molecule has 0 saturated heterocycles. The largest absolute Gasteiger partial charge is 0.493 e. The average Bonchev–Trinajstić information content (AvgIpc) is 2.07. The van der Waals surface area contributed by atoms with Crippen molar-refractivity contribution in [3.63, 3.8) is 0 Å². The highest BCUT2D eigenvalue weighted by atomic mass is 35.5. The van der Waals surface area contributed by atoms with E-state index in [1.54, 1.807) is 7.05 Å². The third-order valence-corrected chi connectivity index (χ3v) is 2.70. The lowest BCUT2D eigenvalue weighted by Crippen LogP contribution is -1.85. The van der Waals surface area contributed by atoms with Gasteiger partial charge in [-0.1, -0.05) is 23.2 Å². The first-order valence-electron chi connectivity index (χ1n) is 2.47. The molecule has 0 aliphatic heterocycles. The number of aromatic nitrogens is 1. The van der Waals surface area contributed by atoms with Crippen LogP contribution in [0.4, 0.5) is 0 Å². The van der Waals surface area contributed by atoms with Crippen LogP contribution in [0.25, 0.3) is 0 Å². The quantitative estimate of drug-likeness (QED) is 0.614. The molecule has 0 radical (unpaired) electrons. The fourth-order valence-corrected chi connectivity index (χ4v) is 1.29. The molecule has 0 amide bonds. The fraction of sp³-hybridized carbons (Fsp3) is 0.200. The zero-order valence-corrected chi connectivity index (χ0v) is 7.50. The smallest absolute Gasteiger partial charge is 0.212 e. The molecular formula is C5H5Cl2NOS. The standard InChI is InChI=1S/C5H5Cl2NOS/c1-8-4(9)2(6)3(7)5(8)10/h9-10H,1H3. The number of thiol groups is 1. The Morgan fingerprint density at radius 1 is 1.40 bits per heavy atom. The van der Waals surface area contributed by atoms with Gasteiger partial charge in [-0.15, -0.1) is 12.6 Å². The molecule has 0 unspecified atom stereocenters. The van der Waals surface area contributed by atoms with E-state index in [1.165, 1.54) is 4.57 Å². The molecule has 56 valence electrons. The first-order valence-corrected chi connectivity index (χ1v) is 3.67. The Morgan fingerprint density at radius 3 is 2.00 bits per heavy atom. The van der Waals surface area contributed by atoms with Crippen LogP contribution in [-0.2, 0) is 7.05 Å². The lowest BCUT2D eigenvalue weighted by molar-refractivity contribution is 0.425. The molecule has 5 heteroatoms. The molecule has 0 aliphatic rings. The van der Waals surface area contributed by atoms with E-state index in [0.717, 1.165) is 0 Å². The van der Waals surface area contributed by atoms with Crippen molar-refractivity contribution in [1.29, 1.82) is 0 Å². The van der Waals surface area contributed by atoms with E-state index in [0.29, 0.717) is 5.03 Å². The molecule has 0 aliphatic carbocycles. The lowest BCUT2D eigenvalue weighted by Gasteiger charge is -1.94. The zero-order chi connectivity index (χ0) is 7.89. The summed E-state index contributed by atoms with van der Waals surface area (Å²) in [6.07, 6.45) is 0. The van der Waals surface area contributed by atoms with Crippen LogP contribution >= 0.6 is 35.8 Å². The molecule has 0 atom stereocenters. The minimum Gasteiger partial charge on any atom is -0.493 e. The van der Waals surface area contributed by atoms with Crippen molar-refractivity contribution in [2.45, 2.75) is 5.03 Å². The summed E-state index contributed by atoms with van der Waals surface area (Å²) in [7, 11) is 1.62. The second-order valence-electron chi connectivity index (χ2n) is 1.83. The van der Waals surface area contributed by atoms with E-state index in [1.807, 2.05) is 0 Å². The van der Waals surface area contributed by atoms with Crippen LogP contribution in [0.1, 0.15) is 0 Å². The van der Waals surface area contributed by atoms with Crippen LogP contribution in [0.5, 0.6) is 5.88 Å². The molecule has 1 aromatic rings. The van der Waals surface area contributed by atoms with Gasteiger partial charge in [-0.05, 0) is 0 Å². The van der Waals surface area contributed by atoms with Crippen LogP contribution in [-0.4, -0.2) is 9.67 Å². The zero-order valence-electron chi connectivity index (χ0n) is 5.10. The number of hydrogen-bond donors (Lipinski definition) is 2. The topological polar surface area (TPSA) is 25.2 Å². The number of halogens is 2. The molecule has 0 spiro atoms. The van der Waals surface area contributed by atoms with Crippen molar-refractivity contribution in [2.24, 2.45) is 7.05 Å². The second-order valence-corrected chi connectivity index (χ2v) is 3.01. The van der Waals surface area contributed by atoms with E-state index in [2.05, 4.69) is 12.6 Å². The Hall–Kier alpha value is 0.01000. The molecule has 0 fully saturated rings. The number of hydrogen-bond acceptors (Lipinski definition) is 2. The van der Waals surface area contributed by atoms with Crippen LogP contribution in [0.2, 0.25) is 10.0 Å². The highest BCUT2D eigenvalue weighted by molar-refractivity contribution is 7.80. The van der Waals surface area contributed by atoms with Crippen LogP contribution in [0.3, 0.4) is 0 Å². The fourth-order valence-electron chi connectivity index (χ4n) is 0.591. The summed E-state index contributed by atoms with van der Waals surface area (Å²) < 4.78 is 1.40. The van der Waals surface area contributed by atoms with E-state index in [9.17, 15) is 0 Å². The summed E-state index contributed by atoms with van der Waals surface area (Å²) in [6.45, 7) is 0. The molecule has 1 heterocycles. The van der Waals surface area contributed by atoms with Crippen LogP contribution < -0.4 is 0 Å². The van der Waals surface area contributed by atoms with E-state index in [4.69, 9.17) is 28.3 Å². The molecule has 1 aromatic heterocycles. The Balaban J connectivity index is 3.44. The Labute approximate surface area is 73.8 Å². The highest BCUT2D eigenvalue weighted by Crippen LogP contribution is 2.37.